The highest BCUT2D eigenvalue weighted by atomic mass is 16.3. The van der Waals surface area contributed by atoms with Crippen molar-refractivity contribution in [3.63, 3.8) is 0 Å². The first kappa shape index (κ1) is 13.2. The average molecular weight is 225 g/mol. The Morgan fingerprint density at radius 1 is 1.38 bits per heavy atom. The van der Waals surface area contributed by atoms with Gasteiger partial charge < -0.3 is 10.4 Å². The molecule has 92 valence electrons. The van der Waals surface area contributed by atoms with Gasteiger partial charge in [0.25, 0.3) is 0 Å². The van der Waals surface area contributed by atoms with Crippen LogP contribution in [0.3, 0.4) is 0 Å². The molecule has 0 saturated heterocycles. The topological polar surface area (TPSA) is 50.1 Å². The van der Waals surface area contributed by atoms with Crippen molar-refractivity contribution in [1.82, 2.24) is 15.1 Å². The molecule has 0 amide bonds. The minimum Gasteiger partial charge on any atom is -0.390 e. The Morgan fingerprint density at radius 3 is 2.56 bits per heavy atom. The second kappa shape index (κ2) is 6.01. The molecule has 1 atom stereocenters. The molecule has 0 spiro atoms. The molecule has 1 rings (SSSR count). The van der Waals surface area contributed by atoms with Gasteiger partial charge in [-0.15, -0.1) is 0 Å². The van der Waals surface area contributed by atoms with Crippen LogP contribution in [0.5, 0.6) is 0 Å². The lowest BCUT2D eigenvalue weighted by Crippen LogP contribution is -2.31. The molecule has 4 heteroatoms. The Bertz CT molecular complexity index is 333. The Labute approximate surface area is 97.7 Å². The summed E-state index contributed by atoms with van der Waals surface area (Å²) in [4.78, 5) is 0. The smallest absolute Gasteiger partial charge is 0.0860 e. The first-order chi connectivity index (χ1) is 7.56. The van der Waals surface area contributed by atoms with E-state index in [0.29, 0.717) is 13.1 Å². The number of aryl methyl sites for hydroxylation is 1. The molecular weight excluding hydrogens is 202 g/mol. The summed E-state index contributed by atoms with van der Waals surface area (Å²) in [7, 11) is 0. The van der Waals surface area contributed by atoms with Gasteiger partial charge in [-0.05, 0) is 39.3 Å². The molecule has 0 bridgehead atoms. The van der Waals surface area contributed by atoms with Gasteiger partial charge in [0, 0.05) is 12.2 Å². The third-order valence-electron chi connectivity index (χ3n) is 2.93. The summed E-state index contributed by atoms with van der Waals surface area (Å²) in [6.45, 7) is 10.4. The molecule has 2 N–H and O–H groups in total. The molecule has 1 unspecified atom stereocenters. The molecule has 1 aromatic rings. The van der Waals surface area contributed by atoms with Crippen LogP contribution >= 0.6 is 0 Å². The second-order valence-corrected chi connectivity index (χ2v) is 4.34. The lowest BCUT2D eigenvalue weighted by molar-refractivity contribution is 0.146. The van der Waals surface area contributed by atoms with Crippen molar-refractivity contribution in [1.29, 1.82) is 0 Å². The largest absolute Gasteiger partial charge is 0.390 e. The summed E-state index contributed by atoms with van der Waals surface area (Å²) in [5, 5.41) is 17.4. The van der Waals surface area contributed by atoms with Crippen LogP contribution in [0.4, 0.5) is 0 Å². The monoisotopic (exact) mass is 225 g/mol. The van der Waals surface area contributed by atoms with E-state index in [1.165, 1.54) is 5.56 Å². The minimum atomic E-state index is -0.371. The number of rotatable bonds is 6. The molecule has 0 aliphatic carbocycles. The predicted molar refractivity (Wildman–Crippen MR) is 65.6 cm³/mol. The van der Waals surface area contributed by atoms with Crippen molar-refractivity contribution in [3.8, 4) is 0 Å². The van der Waals surface area contributed by atoms with Crippen molar-refractivity contribution >= 4 is 0 Å². The lowest BCUT2D eigenvalue weighted by Gasteiger charge is -2.12. The van der Waals surface area contributed by atoms with Crippen molar-refractivity contribution < 1.29 is 5.11 Å². The quantitative estimate of drug-likeness (QED) is 0.715. The summed E-state index contributed by atoms with van der Waals surface area (Å²) in [6.07, 6.45) is 0.718. The van der Waals surface area contributed by atoms with Crippen LogP contribution in [-0.2, 0) is 6.54 Å². The fourth-order valence-electron chi connectivity index (χ4n) is 1.67. The number of nitrogens with zero attached hydrogens (tertiary/aromatic N) is 2. The van der Waals surface area contributed by atoms with Crippen molar-refractivity contribution in [3.05, 3.63) is 17.0 Å². The van der Waals surface area contributed by atoms with Gasteiger partial charge in [0.15, 0.2) is 0 Å². The highest BCUT2D eigenvalue weighted by Gasteiger charge is 2.10. The van der Waals surface area contributed by atoms with Crippen molar-refractivity contribution in [2.75, 3.05) is 13.1 Å². The fourth-order valence-corrected chi connectivity index (χ4v) is 1.67. The van der Waals surface area contributed by atoms with Gasteiger partial charge in [0.1, 0.15) is 0 Å². The van der Waals surface area contributed by atoms with Gasteiger partial charge in [0.2, 0.25) is 0 Å². The van der Waals surface area contributed by atoms with E-state index in [-0.39, 0.29) is 6.10 Å². The maximum Gasteiger partial charge on any atom is 0.0860 e. The predicted octanol–water partition coefficient (Wildman–Crippen LogP) is 1.17. The molecule has 0 saturated carbocycles. The van der Waals surface area contributed by atoms with Crippen LogP contribution in [0, 0.1) is 20.8 Å². The molecule has 1 aromatic heterocycles. The molecule has 0 aliphatic rings. The van der Waals surface area contributed by atoms with Crippen LogP contribution in [0.1, 0.15) is 30.3 Å². The third kappa shape index (κ3) is 3.32. The molecule has 0 fully saturated rings. The van der Waals surface area contributed by atoms with Gasteiger partial charge >= 0.3 is 0 Å². The van der Waals surface area contributed by atoms with E-state index in [1.54, 1.807) is 0 Å². The van der Waals surface area contributed by atoms with Gasteiger partial charge in [-0.2, -0.15) is 5.10 Å². The SMILES string of the molecule is CCCNCC(O)Cn1nc(C)c(C)c1C. The number of hydrogen-bond acceptors (Lipinski definition) is 3. The van der Waals surface area contributed by atoms with Gasteiger partial charge in [-0.25, -0.2) is 0 Å². The van der Waals surface area contributed by atoms with E-state index in [2.05, 4.69) is 24.3 Å². The summed E-state index contributed by atoms with van der Waals surface area (Å²) in [6, 6.07) is 0. The van der Waals surface area contributed by atoms with Gasteiger partial charge in [0.05, 0.1) is 18.3 Å². The molecule has 16 heavy (non-hydrogen) atoms. The maximum atomic E-state index is 9.83. The maximum absolute atomic E-state index is 9.83. The minimum absolute atomic E-state index is 0.371. The van der Waals surface area contributed by atoms with Crippen LogP contribution in [0.25, 0.3) is 0 Å². The normalized spacial score (nSPS) is 13.1. The molecule has 0 radical (unpaired) electrons. The van der Waals surface area contributed by atoms with Crippen molar-refractivity contribution in [2.45, 2.75) is 46.8 Å². The number of hydrogen-bond donors (Lipinski definition) is 2. The average Bonchev–Trinajstić information content (AvgIpc) is 2.47. The molecule has 4 nitrogen and oxygen atoms in total. The van der Waals surface area contributed by atoms with Crippen molar-refractivity contribution in [2.24, 2.45) is 0 Å². The molecule has 1 heterocycles. The molecule has 0 aromatic carbocycles. The summed E-state index contributed by atoms with van der Waals surface area (Å²) in [5.74, 6) is 0. The van der Waals surface area contributed by atoms with E-state index in [0.717, 1.165) is 24.4 Å². The number of nitrogens with one attached hydrogen (secondary N) is 1. The first-order valence-corrected chi connectivity index (χ1v) is 5.95. The van der Waals surface area contributed by atoms with E-state index < -0.39 is 0 Å². The summed E-state index contributed by atoms with van der Waals surface area (Å²) < 4.78 is 1.89. The van der Waals surface area contributed by atoms with Gasteiger partial charge in [-0.1, -0.05) is 6.92 Å². The highest BCUT2D eigenvalue weighted by molar-refractivity contribution is 5.22. The zero-order valence-corrected chi connectivity index (χ0v) is 10.7. The van der Waals surface area contributed by atoms with Crippen LogP contribution in [0.15, 0.2) is 0 Å². The van der Waals surface area contributed by atoms with Crippen LogP contribution in [0.2, 0.25) is 0 Å². The van der Waals surface area contributed by atoms with E-state index in [1.807, 2.05) is 18.5 Å². The van der Waals surface area contributed by atoms with E-state index in [9.17, 15) is 5.11 Å². The Morgan fingerprint density at radius 2 is 2.06 bits per heavy atom. The Kier molecular flexibility index (Phi) is 4.96. The van der Waals surface area contributed by atoms with Crippen LogP contribution in [-0.4, -0.2) is 34.1 Å². The van der Waals surface area contributed by atoms with Crippen LogP contribution < -0.4 is 5.32 Å². The van der Waals surface area contributed by atoms with E-state index in [4.69, 9.17) is 0 Å². The second-order valence-electron chi connectivity index (χ2n) is 4.34. The number of aliphatic hydroxyl groups is 1. The Balaban J connectivity index is 2.49. The van der Waals surface area contributed by atoms with E-state index >= 15 is 0 Å². The summed E-state index contributed by atoms with van der Waals surface area (Å²) >= 11 is 0. The Hall–Kier alpha value is -0.870. The zero-order valence-electron chi connectivity index (χ0n) is 10.7. The highest BCUT2D eigenvalue weighted by Crippen LogP contribution is 2.11. The number of aliphatic hydroxyl groups excluding tert-OH is 1. The fraction of sp³-hybridized carbons (Fsp3) is 0.750. The molecular formula is C12H23N3O. The summed E-state index contributed by atoms with van der Waals surface area (Å²) in [5.41, 5.74) is 3.41. The first-order valence-electron chi connectivity index (χ1n) is 5.95. The zero-order chi connectivity index (χ0) is 12.1. The molecule has 0 aliphatic heterocycles. The van der Waals surface area contributed by atoms with Gasteiger partial charge in [-0.3, -0.25) is 4.68 Å². The lowest BCUT2D eigenvalue weighted by atomic mass is 10.2. The number of aromatic nitrogens is 2. The third-order valence-corrected chi connectivity index (χ3v) is 2.93. The standard InChI is InChI=1S/C12H23N3O/c1-5-6-13-7-12(16)8-15-11(4)9(2)10(3)14-15/h12-13,16H,5-8H2,1-4H3.